The molecule has 0 unspecified atom stereocenters. The van der Waals surface area contributed by atoms with Gasteiger partial charge in [0.1, 0.15) is 23.1 Å². The van der Waals surface area contributed by atoms with Crippen molar-refractivity contribution in [2.24, 2.45) is 7.05 Å². The van der Waals surface area contributed by atoms with Gasteiger partial charge in [-0.1, -0.05) is 12.1 Å². The molecule has 3 N–H and O–H groups in total. The highest BCUT2D eigenvalue weighted by molar-refractivity contribution is 5.78. The lowest BCUT2D eigenvalue weighted by atomic mass is 10.0. The SMILES string of the molecule is Cn1cc(-c2cnc(Nc3c(F)cccc3F)nc2Nc2ccc3c(c2)CNCC3)cn1. The summed E-state index contributed by atoms with van der Waals surface area (Å²) in [5, 5.41) is 13.6. The Morgan fingerprint density at radius 1 is 1.03 bits per heavy atom. The van der Waals surface area contributed by atoms with E-state index in [4.69, 9.17) is 0 Å². The van der Waals surface area contributed by atoms with E-state index in [0.29, 0.717) is 11.4 Å². The van der Waals surface area contributed by atoms with Gasteiger partial charge in [0, 0.05) is 42.8 Å². The fourth-order valence-corrected chi connectivity index (χ4v) is 3.73. The molecule has 7 nitrogen and oxygen atoms in total. The number of hydrogen-bond donors (Lipinski definition) is 3. The number of benzene rings is 2. The predicted molar refractivity (Wildman–Crippen MR) is 119 cm³/mol. The van der Waals surface area contributed by atoms with E-state index in [0.717, 1.165) is 30.8 Å². The van der Waals surface area contributed by atoms with E-state index in [9.17, 15) is 8.78 Å². The van der Waals surface area contributed by atoms with Gasteiger partial charge in [-0.3, -0.25) is 4.68 Å². The van der Waals surface area contributed by atoms with Gasteiger partial charge in [-0.2, -0.15) is 10.1 Å². The van der Waals surface area contributed by atoms with Crippen LogP contribution in [0.2, 0.25) is 0 Å². The molecule has 162 valence electrons. The molecule has 5 rings (SSSR count). The monoisotopic (exact) mass is 433 g/mol. The van der Waals surface area contributed by atoms with E-state index in [-0.39, 0.29) is 11.6 Å². The first-order chi connectivity index (χ1) is 15.6. The topological polar surface area (TPSA) is 79.7 Å². The van der Waals surface area contributed by atoms with Gasteiger partial charge in [0.2, 0.25) is 5.95 Å². The Bertz CT molecular complexity index is 1270. The van der Waals surface area contributed by atoms with Crippen LogP contribution in [-0.2, 0) is 20.0 Å². The van der Waals surface area contributed by atoms with E-state index in [1.807, 2.05) is 19.3 Å². The van der Waals surface area contributed by atoms with Crippen molar-refractivity contribution in [2.75, 3.05) is 17.2 Å². The lowest BCUT2D eigenvalue weighted by Crippen LogP contribution is -2.23. The zero-order valence-electron chi connectivity index (χ0n) is 17.4. The molecule has 0 bridgehead atoms. The number of halogens is 2. The largest absolute Gasteiger partial charge is 0.340 e. The van der Waals surface area contributed by atoms with Gasteiger partial charge >= 0.3 is 0 Å². The minimum absolute atomic E-state index is 0.0729. The molecule has 0 amide bonds. The Morgan fingerprint density at radius 3 is 2.66 bits per heavy atom. The highest BCUT2D eigenvalue weighted by Gasteiger charge is 2.16. The number of aromatic nitrogens is 4. The number of nitrogens with one attached hydrogen (secondary N) is 3. The number of aryl methyl sites for hydroxylation is 1. The van der Waals surface area contributed by atoms with Crippen LogP contribution in [0.4, 0.5) is 31.9 Å². The van der Waals surface area contributed by atoms with Gasteiger partial charge in [-0.25, -0.2) is 13.8 Å². The zero-order chi connectivity index (χ0) is 22.1. The Morgan fingerprint density at radius 2 is 1.88 bits per heavy atom. The van der Waals surface area contributed by atoms with Crippen molar-refractivity contribution in [3.8, 4) is 11.1 Å². The lowest BCUT2D eigenvalue weighted by molar-refractivity contribution is 0.590. The third-order valence-corrected chi connectivity index (χ3v) is 5.36. The molecule has 1 aliphatic heterocycles. The first-order valence-corrected chi connectivity index (χ1v) is 10.2. The van der Waals surface area contributed by atoms with E-state index in [2.05, 4.69) is 43.1 Å². The van der Waals surface area contributed by atoms with Crippen molar-refractivity contribution >= 4 is 23.1 Å². The molecular formula is C23H21F2N7. The molecular weight excluding hydrogens is 412 g/mol. The Hall–Kier alpha value is -3.85. The summed E-state index contributed by atoms with van der Waals surface area (Å²) in [4.78, 5) is 8.80. The highest BCUT2D eigenvalue weighted by atomic mass is 19.1. The third-order valence-electron chi connectivity index (χ3n) is 5.36. The van der Waals surface area contributed by atoms with Gasteiger partial charge in [0.15, 0.2) is 0 Å². The maximum absolute atomic E-state index is 14.1. The van der Waals surface area contributed by atoms with Crippen LogP contribution in [0.15, 0.2) is 55.0 Å². The summed E-state index contributed by atoms with van der Waals surface area (Å²) in [6, 6.07) is 9.85. The molecule has 32 heavy (non-hydrogen) atoms. The molecule has 2 aromatic carbocycles. The van der Waals surface area contributed by atoms with Crippen LogP contribution >= 0.6 is 0 Å². The van der Waals surface area contributed by atoms with Crippen LogP contribution < -0.4 is 16.0 Å². The predicted octanol–water partition coefficient (Wildman–Crippen LogP) is 4.29. The quantitative estimate of drug-likeness (QED) is 0.436. The Labute approximate surface area is 183 Å². The second-order valence-electron chi connectivity index (χ2n) is 7.62. The average Bonchev–Trinajstić information content (AvgIpc) is 3.22. The molecule has 0 spiro atoms. The molecule has 0 saturated carbocycles. The second kappa shape index (κ2) is 8.35. The molecule has 2 aromatic heterocycles. The van der Waals surface area contributed by atoms with E-state index in [1.165, 1.54) is 29.3 Å². The molecule has 0 atom stereocenters. The van der Waals surface area contributed by atoms with Crippen LogP contribution in [0.25, 0.3) is 11.1 Å². The van der Waals surface area contributed by atoms with Crippen molar-refractivity contribution in [3.05, 3.63) is 77.8 Å². The minimum atomic E-state index is -0.721. The van der Waals surface area contributed by atoms with Crippen LogP contribution in [0, 0.1) is 11.6 Å². The second-order valence-corrected chi connectivity index (χ2v) is 7.62. The van der Waals surface area contributed by atoms with Crippen LogP contribution in [0.5, 0.6) is 0 Å². The summed E-state index contributed by atoms with van der Waals surface area (Å²) in [7, 11) is 1.82. The van der Waals surface area contributed by atoms with Gasteiger partial charge in [-0.05, 0) is 48.4 Å². The number of anilines is 4. The Kier molecular flexibility index (Phi) is 5.24. The molecule has 0 fully saturated rings. The van der Waals surface area contributed by atoms with Gasteiger partial charge < -0.3 is 16.0 Å². The Balaban J connectivity index is 1.53. The normalized spacial score (nSPS) is 13.0. The number of fused-ring (bicyclic) bond motifs is 1. The molecule has 0 saturated heterocycles. The fraction of sp³-hybridized carbons (Fsp3) is 0.174. The molecule has 9 heteroatoms. The van der Waals surface area contributed by atoms with Gasteiger partial charge in [0.05, 0.1) is 6.20 Å². The van der Waals surface area contributed by atoms with Crippen LogP contribution in [0.1, 0.15) is 11.1 Å². The van der Waals surface area contributed by atoms with E-state index >= 15 is 0 Å². The summed E-state index contributed by atoms with van der Waals surface area (Å²) in [6.07, 6.45) is 6.16. The minimum Gasteiger partial charge on any atom is -0.340 e. The van der Waals surface area contributed by atoms with Crippen molar-refractivity contribution in [1.82, 2.24) is 25.1 Å². The fourth-order valence-electron chi connectivity index (χ4n) is 3.73. The molecule has 0 aliphatic carbocycles. The van der Waals surface area contributed by atoms with Crippen molar-refractivity contribution in [2.45, 2.75) is 13.0 Å². The first kappa shape index (κ1) is 20.1. The highest BCUT2D eigenvalue weighted by Crippen LogP contribution is 2.31. The summed E-state index contributed by atoms with van der Waals surface area (Å²) >= 11 is 0. The number of rotatable bonds is 5. The van der Waals surface area contributed by atoms with Crippen molar-refractivity contribution in [1.29, 1.82) is 0 Å². The summed E-state index contributed by atoms with van der Waals surface area (Å²) < 4.78 is 29.9. The third kappa shape index (κ3) is 4.02. The van der Waals surface area contributed by atoms with Crippen LogP contribution in [-0.4, -0.2) is 26.3 Å². The summed E-state index contributed by atoms with van der Waals surface area (Å²) in [6.45, 7) is 1.78. The number of hydrogen-bond acceptors (Lipinski definition) is 6. The average molecular weight is 433 g/mol. The summed E-state index contributed by atoms with van der Waals surface area (Å²) in [5.74, 6) is -0.872. The van der Waals surface area contributed by atoms with E-state index in [1.54, 1.807) is 17.1 Å². The maximum atomic E-state index is 14.1. The van der Waals surface area contributed by atoms with E-state index < -0.39 is 11.6 Å². The first-order valence-electron chi connectivity index (χ1n) is 10.2. The number of nitrogens with zero attached hydrogens (tertiary/aromatic N) is 4. The molecule has 4 aromatic rings. The maximum Gasteiger partial charge on any atom is 0.229 e. The van der Waals surface area contributed by atoms with Crippen LogP contribution in [0.3, 0.4) is 0 Å². The number of para-hydroxylation sites is 1. The summed E-state index contributed by atoms with van der Waals surface area (Å²) in [5.41, 5.74) is 4.64. The molecule has 0 radical (unpaired) electrons. The van der Waals surface area contributed by atoms with Gasteiger partial charge in [-0.15, -0.1) is 0 Å². The molecule has 3 heterocycles. The molecule has 1 aliphatic rings. The smallest absolute Gasteiger partial charge is 0.229 e. The van der Waals surface area contributed by atoms with Crippen molar-refractivity contribution < 1.29 is 8.78 Å². The zero-order valence-corrected chi connectivity index (χ0v) is 17.4. The standard InChI is InChI=1S/C23H21F2N7/c1-32-13-16(11-28-32)18-12-27-23(30-21-19(24)3-2-4-20(21)25)31-22(18)29-17-6-5-14-7-8-26-10-15(14)9-17/h2-6,9,11-13,26H,7-8,10H2,1H3,(H2,27,29,30,31). The lowest BCUT2D eigenvalue weighted by Gasteiger charge is -2.19. The van der Waals surface area contributed by atoms with Gasteiger partial charge in [0.25, 0.3) is 0 Å². The van der Waals surface area contributed by atoms with Crippen molar-refractivity contribution in [3.63, 3.8) is 0 Å².